The molecule has 0 aliphatic heterocycles. The zero-order valence-corrected chi connectivity index (χ0v) is 23.9. The smallest absolute Gasteiger partial charge is 0.241 e. The first kappa shape index (κ1) is 30.6. The normalized spacial score (nSPS) is 19.0. The molecule has 0 atom stereocenters. The number of nitrogens with zero attached hydrogens (tertiary/aromatic N) is 6. The second-order valence-electron chi connectivity index (χ2n) is 11.0. The van der Waals surface area contributed by atoms with E-state index in [2.05, 4.69) is 9.98 Å². The average Bonchev–Trinajstić information content (AvgIpc) is 3.50. The minimum Gasteiger partial charge on any atom is -0.241 e. The topological polar surface area (TPSA) is 98.1 Å². The molecule has 1 heterocycles. The third-order valence-electron chi connectivity index (χ3n) is 8.28. The third-order valence-corrected chi connectivity index (χ3v) is 8.28. The fraction of sp³-hybridized carbons (Fsp3) is 0.118. The maximum Gasteiger partial charge on any atom is 0.419 e. The molecule has 2 aliphatic rings. The fourth-order valence-corrected chi connectivity index (χ4v) is 6.09. The molecule has 2 aliphatic carbocycles. The van der Waals surface area contributed by atoms with Crippen LogP contribution in [-0.2, 0) is 0 Å². The van der Waals surface area contributed by atoms with E-state index in [0.717, 1.165) is 18.2 Å². The van der Waals surface area contributed by atoms with Crippen molar-refractivity contribution in [2.45, 2.75) is 25.2 Å². The number of hydrogen-bond acceptors (Lipinski definition) is 6. The van der Waals surface area contributed by atoms with Gasteiger partial charge in [-0.1, -0.05) is 30.3 Å². The van der Waals surface area contributed by atoms with Gasteiger partial charge in [0.15, 0.2) is 0 Å². The summed E-state index contributed by atoms with van der Waals surface area (Å²) in [5.41, 5.74) is -1.54. The van der Waals surface area contributed by atoms with Gasteiger partial charge in [-0.15, -0.1) is 0 Å². The Labute approximate surface area is 262 Å². The predicted molar refractivity (Wildman–Crippen MR) is 159 cm³/mol. The van der Waals surface area contributed by atoms with Crippen molar-refractivity contribution in [3.8, 4) is 12.4 Å². The first-order chi connectivity index (χ1) is 22.8. The van der Waals surface area contributed by atoms with E-state index in [4.69, 9.17) is 9.97 Å². The molecule has 7 rings (SSSR count). The molecule has 0 amide bonds. The van der Waals surface area contributed by atoms with Gasteiger partial charge in [0.25, 0.3) is 0 Å². The Balaban J connectivity index is 1.50. The number of aromatic nitrogens is 2. The number of halogens is 8. The number of rotatable bonds is 0. The third kappa shape index (κ3) is 4.84. The van der Waals surface area contributed by atoms with E-state index < -0.39 is 41.6 Å². The maximum atomic E-state index is 14.0. The number of fused-ring (bicyclic) bond motifs is 6. The largest absolute Gasteiger partial charge is 0.419 e. The summed E-state index contributed by atoms with van der Waals surface area (Å²) >= 11 is 0. The van der Waals surface area contributed by atoms with Crippen LogP contribution in [-0.4, -0.2) is 22.3 Å². The molecule has 1 aromatic heterocycles. The van der Waals surface area contributed by atoms with Gasteiger partial charge in [0.2, 0.25) is 12.4 Å². The van der Waals surface area contributed by atoms with Gasteiger partial charge in [-0.3, -0.25) is 0 Å². The summed E-state index contributed by atoms with van der Waals surface area (Å²) in [5.74, 6) is -2.75. The summed E-state index contributed by atoms with van der Waals surface area (Å²) in [6, 6.07) is 9.20. The lowest BCUT2D eigenvalue weighted by Crippen LogP contribution is -2.18. The molecular weight excluding hydrogens is 644 g/mol. The van der Waals surface area contributed by atoms with Crippen LogP contribution in [0.5, 0.6) is 0 Å². The van der Waals surface area contributed by atoms with Crippen LogP contribution in [0.4, 0.5) is 35.1 Å². The first-order valence-electron chi connectivity index (χ1n) is 14.0. The van der Waals surface area contributed by atoms with Gasteiger partial charge in [-0.25, -0.2) is 18.7 Å². The van der Waals surface area contributed by atoms with Gasteiger partial charge in [0.05, 0.1) is 22.2 Å². The van der Waals surface area contributed by atoms with Crippen LogP contribution in [0.2, 0.25) is 0 Å². The average molecular weight is 659 g/mol. The lowest BCUT2D eigenvalue weighted by atomic mass is 9.96. The minimum absolute atomic E-state index is 0.0815. The van der Waals surface area contributed by atoms with E-state index in [0.29, 0.717) is 32.0 Å². The van der Waals surface area contributed by atoms with Crippen molar-refractivity contribution in [1.82, 2.24) is 9.97 Å². The lowest BCUT2D eigenvalue weighted by Gasteiger charge is -2.16. The van der Waals surface area contributed by atoms with Crippen molar-refractivity contribution in [3.63, 3.8) is 0 Å². The molecule has 0 radical (unpaired) electrons. The van der Waals surface area contributed by atoms with Gasteiger partial charge in [0, 0.05) is 28.0 Å². The summed E-state index contributed by atoms with van der Waals surface area (Å²) in [7, 11) is 0. The number of allylic oxidation sites excluding steroid dienone is 8. The van der Waals surface area contributed by atoms with Crippen LogP contribution in [0.25, 0.3) is 54.8 Å². The van der Waals surface area contributed by atoms with E-state index >= 15 is 0 Å². The standard InChI is InChI=1S/C34H14F8N6/c35-25-7-3-17(11-23(25)33(37,38)39)15-1-5-19-21(9-15)27(45-13-43)31-29(19)47-32-28(46-14-44)22-10-16(2-6-20(22)30(32)48-31)18-4-8-26(36)24(12-18)34(40,41)42/h1-3,5-10,12H,4,11H2. The SMILES string of the molecule is N#CN=c1c2cc(=C3C=C(C(F)(F)F)C(F)=CC3)ccc2c2nc3c(=NC#N)c4cc(=C5C=CC(F)=C(C(F)(F)F)C5)ccc4c3nc12. The second-order valence-corrected chi connectivity index (χ2v) is 11.0. The lowest BCUT2D eigenvalue weighted by molar-refractivity contribution is -0.0947. The van der Waals surface area contributed by atoms with E-state index in [-0.39, 0.29) is 50.3 Å². The highest BCUT2D eigenvalue weighted by molar-refractivity contribution is 6.14. The Kier molecular flexibility index (Phi) is 6.87. The van der Waals surface area contributed by atoms with Crippen LogP contribution >= 0.6 is 0 Å². The summed E-state index contributed by atoms with van der Waals surface area (Å²) in [6.45, 7) is 0. The van der Waals surface area contributed by atoms with Gasteiger partial charge in [0.1, 0.15) is 33.4 Å². The Morgan fingerprint density at radius 3 is 1.71 bits per heavy atom. The van der Waals surface area contributed by atoms with Crippen LogP contribution in [0.15, 0.2) is 93.5 Å². The van der Waals surface area contributed by atoms with E-state index in [9.17, 15) is 45.6 Å². The molecule has 14 heteroatoms. The zero-order chi connectivity index (χ0) is 34.1. The molecule has 6 nitrogen and oxygen atoms in total. The van der Waals surface area contributed by atoms with Crippen molar-refractivity contribution in [2.24, 2.45) is 9.98 Å². The summed E-state index contributed by atoms with van der Waals surface area (Å²) < 4.78 is 109. The molecule has 0 bridgehead atoms. The number of hydrogen-bond donors (Lipinski definition) is 0. The van der Waals surface area contributed by atoms with Crippen LogP contribution in [0.1, 0.15) is 12.8 Å². The summed E-state index contributed by atoms with van der Waals surface area (Å²) in [6.07, 6.45) is -3.63. The molecule has 0 spiro atoms. The van der Waals surface area contributed by atoms with Crippen molar-refractivity contribution in [1.29, 1.82) is 10.5 Å². The number of alkyl halides is 6. The van der Waals surface area contributed by atoms with Gasteiger partial charge < -0.3 is 0 Å². The van der Waals surface area contributed by atoms with E-state index in [1.54, 1.807) is 24.5 Å². The number of nitriles is 2. The van der Waals surface area contributed by atoms with Crippen molar-refractivity contribution >= 4 is 54.8 Å². The molecule has 48 heavy (non-hydrogen) atoms. The highest BCUT2D eigenvalue weighted by Crippen LogP contribution is 2.38. The molecule has 5 aromatic rings. The molecule has 0 N–H and O–H groups in total. The zero-order valence-electron chi connectivity index (χ0n) is 23.9. The Bertz CT molecular complexity index is 2740. The van der Waals surface area contributed by atoms with Crippen molar-refractivity contribution in [3.05, 3.63) is 105 Å². The molecular formula is C34H14F8N6. The fourth-order valence-electron chi connectivity index (χ4n) is 6.09. The summed E-state index contributed by atoms with van der Waals surface area (Å²) in [5, 5.41) is 21.4. The first-order valence-corrected chi connectivity index (χ1v) is 14.0. The monoisotopic (exact) mass is 658 g/mol. The van der Waals surface area contributed by atoms with Crippen LogP contribution in [0, 0.1) is 22.9 Å². The van der Waals surface area contributed by atoms with Crippen LogP contribution < -0.4 is 21.2 Å². The minimum atomic E-state index is -4.91. The highest BCUT2D eigenvalue weighted by Gasteiger charge is 2.38. The van der Waals surface area contributed by atoms with Crippen molar-refractivity contribution in [2.75, 3.05) is 0 Å². The molecule has 0 unspecified atom stereocenters. The van der Waals surface area contributed by atoms with Gasteiger partial charge in [-0.2, -0.15) is 46.9 Å². The Morgan fingerprint density at radius 1 is 0.667 bits per heavy atom. The molecule has 0 saturated carbocycles. The maximum absolute atomic E-state index is 14.0. The van der Waals surface area contributed by atoms with Gasteiger partial charge >= 0.3 is 12.4 Å². The second kappa shape index (κ2) is 10.8. The Hall–Kier alpha value is -6.02. The molecule has 0 fully saturated rings. The quantitative estimate of drug-likeness (QED) is 0.140. The predicted octanol–water partition coefficient (Wildman–Crippen LogP) is 6.52. The molecule has 236 valence electrons. The van der Waals surface area contributed by atoms with Crippen LogP contribution in [0.3, 0.4) is 0 Å². The number of benzene rings is 2. The van der Waals surface area contributed by atoms with Crippen molar-refractivity contribution < 1.29 is 35.1 Å². The Morgan fingerprint density at radius 2 is 1.21 bits per heavy atom. The molecule has 0 saturated heterocycles. The van der Waals surface area contributed by atoms with Gasteiger partial charge in [-0.05, 0) is 58.4 Å². The summed E-state index contributed by atoms with van der Waals surface area (Å²) in [4.78, 5) is 17.3. The molecule has 4 aromatic carbocycles. The van der Waals surface area contributed by atoms with E-state index in [1.165, 1.54) is 30.3 Å². The highest BCUT2D eigenvalue weighted by atomic mass is 19.4. The van der Waals surface area contributed by atoms with E-state index in [1.807, 2.05) is 0 Å².